The van der Waals surface area contributed by atoms with Gasteiger partial charge in [0.2, 0.25) is 0 Å². The monoisotopic (exact) mass is 502 g/mol. The number of rotatable bonds is 6. The van der Waals surface area contributed by atoms with E-state index in [2.05, 4.69) is 36.5 Å². The van der Waals surface area contributed by atoms with Crippen LogP contribution < -0.4 is 15.5 Å². The van der Waals surface area contributed by atoms with Gasteiger partial charge < -0.3 is 5.32 Å². The van der Waals surface area contributed by atoms with Gasteiger partial charge in [-0.3, -0.25) is 10.1 Å². The maximum Gasteiger partial charge on any atom is 0.261 e. The van der Waals surface area contributed by atoms with Crippen molar-refractivity contribution in [1.82, 2.24) is 5.43 Å². The number of anilines is 2. The van der Waals surface area contributed by atoms with Crippen LogP contribution in [-0.4, -0.2) is 19.2 Å². The van der Waals surface area contributed by atoms with Gasteiger partial charge in [-0.05, 0) is 73.2 Å². The Morgan fingerprint density at radius 1 is 0.900 bits per heavy atom. The number of hydrogen-bond acceptors (Lipinski definition) is 4. The van der Waals surface area contributed by atoms with E-state index in [0.29, 0.717) is 16.5 Å². The largest absolute Gasteiger partial charge is 0.331 e. The van der Waals surface area contributed by atoms with Gasteiger partial charge in [0, 0.05) is 15.8 Å². The second-order valence-electron chi connectivity index (χ2n) is 6.27. The van der Waals surface area contributed by atoms with E-state index in [9.17, 15) is 8.42 Å². The minimum atomic E-state index is -3.66. The second kappa shape index (κ2) is 9.84. The van der Waals surface area contributed by atoms with Crippen LogP contribution in [0.1, 0.15) is 12.5 Å². The van der Waals surface area contributed by atoms with Crippen molar-refractivity contribution in [3.63, 3.8) is 0 Å². The quantitative estimate of drug-likeness (QED) is 0.252. The first-order valence-electron chi connectivity index (χ1n) is 8.89. The molecule has 0 atom stereocenters. The van der Waals surface area contributed by atoms with E-state index in [1.807, 2.05) is 30.3 Å². The summed E-state index contributed by atoms with van der Waals surface area (Å²) < 4.78 is 28.5. The van der Waals surface area contributed by atoms with Crippen molar-refractivity contribution in [3.05, 3.63) is 88.9 Å². The van der Waals surface area contributed by atoms with Crippen LogP contribution in [0.4, 0.5) is 11.4 Å². The fourth-order valence-corrected chi connectivity index (χ4v) is 3.97. The molecular weight excluding hydrogens is 484 g/mol. The molecule has 0 aliphatic rings. The number of hydrazone groups is 1. The molecule has 3 aromatic carbocycles. The van der Waals surface area contributed by atoms with Gasteiger partial charge >= 0.3 is 0 Å². The number of nitrogens with zero attached hydrogens (tertiary/aromatic N) is 1. The molecule has 0 unspecified atom stereocenters. The highest BCUT2D eigenvalue weighted by molar-refractivity contribution is 9.10. The topological polar surface area (TPSA) is 82.6 Å². The van der Waals surface area contributed by atoms with Crippen LogP contribution in [0.5, 0.6) is 0 Å². The van der Waals surface area contributed by atoms with E-state index in [4.69, 9.17) is 12.2 Å². The summed E-state index contributed by atoms with van der Waals surface area (Å²) in [7, 11) is -3.66. The third-order valence-electron chi connectivity index (χ3n) is 4.04. The Balaban J connectivity index is 1.63. The van der Waals surface area contributed by atoms with Crippen molar-refractivity contribution >= 4 is 60.4 Å². The second-order valence-corrected chi connectivity index (χ2v) is 9.27. The van der Waals surface area contributed by atoms with Crippen LogP contribution in [0.2, 0.25) is 0 Å². The van der Waals surface area contributed by atoms with Gasteiger partial charge in [-0.2, -0.15) is 5.10 Å². The first kappa shape index (κ1) is 21.9. The summed E-state index contributed by atoms with van der Waals surface area (Å²) in [5.74, 6) is 0. The molecule has 0 aliphatic carbocycles. The molecule has 0 spiro atoms. The fourth-order valence-electron chi connectivity index (χ4n) is 2.49. The molecule has 3 N–H and O–H groups in total. The Bertz CT molecular complexity index is 1150. The standard InChI is InChI=1S/C21H19BrN4O2S2/c1-15(24-25-21(29)23-18-11-9-17(22)10-12-18)16-7-13-20(14-8-16)30(27,28)26-19-5-3-2-4-6-19/h2-14,26H,1H3,(H2,23,25,29). The van der Waals surface area contributed by atoms with Gasteiger partial charge in [0.1, 0.15) is 0 Å². The lowest BCUT2D eigenvalue weighted by molar-refractivity contribution is 0.601. The van der Waals surface area contributed by atoms with Crippen LogP contribution in [-0.2, 0) is 10.0 Å². The third kappa shape index (κ3) is 6.12. The van der Waals surface area contributed by atoms with Gasteiger partial charge in [0.05, 0.1) is 10.6 Å². The Morgan fingerprint density at radius 2 is 1.53 bits per heavy atom. The molecule has 0 saturated heterocycles. The van der Waals surface area contributed by atoms with Crippen LogP contribution >= 0.6 is 28.1 Å². The molecule has 0 bridgehead atoms. The van der Waals surface area contributed by atoms with E-state index in [-0.39, 0.29) is 4.90 Å². The van der Waals surface area contributed by atoms with Gasteiger partial charge in [0.25, 0.3) is 10.0 Å². The van der Waals surface area contributed by atoms with E-state index >= 15 is 0 Å². The predicted molar refractivity (Wildman–Crippen MR) is 129 cm³/mol. The Labute approximate surface area is 189 Å². The molecular formula is C21H19BrN4O2S2. The van der Waals surface area contributed by atoms with Crippen LogP contribution in [0.3, 0.4) is 0 Å². The summed E-state index contributed by atoms with van der Waals surface area (Å²) in [6.07, 6.45) is 0. The van der Waals surface area contributed by atoms with Gasteiger partial charge in [-0.25, -0.2) is 8.42 Å². The van der Waals surface area contributed by atoms with Gasteiger partial charge in [-0.1, -0.05) is 46.3 Å². The van der Waals surface area contributed by atoms with Crippen LogP contribution in [0.25, 0.3) is 0 Å². The minimum Gasteiger partial charge on any atom is -0.331 e. The first-order chi connectivity index (χ1) is 14.3. The number of hydrogen-bond donors (Lipinski definition) is 3. The lowest BCUT2D eigenvalue weighted by atomic mass is 10.1. The van der Waals surface area contributed by atoms with Crippen molar-refractivity contribution in [2.45, 2.75) is 11.8 Å². The normalized spacial score (nSPS) is 11.6. The summed E-state index contributed by atoms with van der Waals surface area (Å²) >= 11 is 8.62. The molecule has 0 aromatic heterocycles. The van der Waals surface area contributed by atoms with Crippen molar-refractivity contribution < 1.29 is 8.42 Å². The first-order valence-corrected chi connectivity index (χ1v) is 11.6. The highest BCUT2D eigenvalue weighted by Gasteiger charge is 2.14. The average molecular weight is 503 g/mol. The zero-order valence-corrected chi connectivity index (χ0v) is 19.2. The highest BCUT2D eigenvalue weighted by Crippen LogP contribution is 2.17. The van der Waals surface area contributed by atoms with Crippen molar-refractivity contribution in [2.75, 3.05) is 10.0 Å². The number of benzene rings is 3. The Morgan fingerprint density at radius 3 is 2.17 bits per heavy atom. The molecule has 154 valence electrons. The van der Waals surface area contributed by atoms with Crippen molar-refractivity contribution in [1.29, 1.82) is 0 Å². The summed E-state index contributed by atoms with van der Waals surface area (Å²) in [5.41, 5.74) is 5.57. The summed E-state index contributed by atoms with van der Waals surface area (Å²) in [4.78, 5) is 0.170. The van der Waals surface area contributed by atoms with Crippen molar-refractivity contribution in [2.24, 2.45) is 5.10 Å². The number of para-hydroxylation sites is 1. The average Bonchev–Trinajstić information content (AvgIpc) is 2.74. The predicted octanol–water partition coefficient (Wildman–Crippen LogP) is 4.96. The molecule has 30 heavy (non-hydrogen) atoms. The number of nitrogens with one attached hydrogen (secondary N) is 3. The lowest BCUT2D eigenvalue weighted by Gasteiger charge is -2.10. The summed E-state index contributed by atoms with van der Waals surface area (Å²) in [6.45, 7) is 1.81. The molecule has 3 aromatic rings. The molecule has 0 amide bonds. The molecule has 0 fully saturated rings. The highest BCUT2D eigenvalue weighted by atomic mass is 79.9. The number of thiocarbonyl (C=S) groups is 1. The maximum absolute atomic E-state index is 12.5. The third-order valence-corrected chi connectivity index (χ3v) is 6.15. The molecule has 0 radical (unpaired) electrons. The number of sulfonamides is 1. The molecule has 6 nitrogen and oxygen atoms in total. The zero-order valence-electron chi connectivity index (χ0n) is 16.0. The lowest BCUT2D eigenvalue weighted by Crippen LogP contribution is -2.24. The zero-order chi connectivity index (χ0) is 21.6. The Hall–Kier alpha value is -2.75. The van der Waals surface area contributed by atoms with Crippen LogP contribution in [0, 0.1) is 0 Å². The number of halogens is 1. The minimum absolute atomic E-state index is 0.170. The molecule has 9 heteroatoms. The van der Waals surface area contributed by atoms with E-state index in [1.54, 1.807) is 43.3 Å². The molecule has 0 saturated carbocycles. The molecule has 3 rings (SSSR count). The Kier molecular flexibility index (Phi) is 7.20. The van der Waals surface area contributed by atoms with E-state index in [1.165, 1.54) is 12.1 Å². The summed E-state index contributed by atoms with van der Waals surface area (Å²) in [5, 5.41) is 7.64. The fraction of sp³-hybridized carbons (Fsp3) is 0.0476. The van der Waals surface area contributed by atoms with E-state index in [0.717, 1.165) is 15.7 Å². The van der Waals surface area contributed by atoms with Gasteiger partial charge in [-0.15, -0.1) is 0 Å². The van der Waals surface area contributed by atoms with Crippen molar-refractivity contribution in [3.8, 4) is 0 Å². The van der Waals surface area contributed by atoms with Gasteiger partial charge in [0.15, 0.2) is 5.11 Å². The smallest absolute Gasteiger partial charge is 0.261 e. The molecule has 0 heterocycles. The summed E-state index contributed by atoms with van der Waals surface area (Å²) in [6, 6.07) is 22.8. The maximum atomic E-state index is 12.5. The SMILES string of the molecule is CC(=NNC(=S)Nc1ccc(Br)cc1)c1ccc(S(=O)(=O)Nc2ccccc2)cc1. The van der Waals surface area contributed by atoms with E-state index < -0.39 is 10.0 Å². The molecule has 0 aliphatic heterocycles. The van der Waals surface area contributed by atoms with Crippen LogP contribution in [0.15, 0.2) is 93.3 Å².